The Morgan fingerprint density at radius 1 is 1.29 bits per heavy atom. The fraction of sp³-hybridized carbons (Fsp3) is 0.154. The minimum atomic E-state index is -0.191. The van der Waals surface area contributed by atoms with Crippen molar-refractivity contribution >= 4 is 17.7 Å². The molecule has 0 spiro atoms. The van der Waals surface area contributed by atoms with Gasteiger partial charge in [-0.2, -0.15) is 0 Å². The van der Waals surface area contributed by atoms with Crippen LogP contribution in [-0.4, -0.2) is 12.2 Å². The lowest BCUT2D eigenvalue weighted by Crippen LogP contribution is -2.22. The van der Waals surface area contributed by atoms with Crippen molar-refractivity contribution in [1.82, 2.24) is 5.32 Å². The van der Waals surface area contributed by atoms with Crippen LogP contribution in [0, 0.1) is 0 Å². The fourth-order valence-corrected chi connectivity index (χ4v) is 1.83. The third-order valence-corrected chi connectivity index (χ3v) is 3.10. The summed E-state index contributed by atoms with van der Waals surface area (Å²) in [5, 5.41) is 2.80. The molecular formula is C13H13NO2S. The molecule has 0 bridgehead atoms. The molecule has 88 valence electrons. The van der Waals surface area contributed by atoms with Crippen molar-refractivity contribution in [2.75, 3.05) is 6.26 Å². The van der Waals surface area contributed by atoms with Gasteiger partial charge in [-0.15, -0.1) is 11.8 Å². The van der Waals surface area contributed by atoms with Crippen LogP contribution in [0.4, 0.5) is 0 Å². The van der Waals surface area contributed by atoms with Crippen LogP contribution < -0.4 is 5.32 Å². The highest BCUT2D eigenvalue weighted by atomic mass is 32.2. The van der Waals surface area contributed by atoms with Crippen LogP contribution in [-0.2, 0) is 6.54 Å². The topological polar surface area (TPSA) is 42.2 Å². The Hall–Kier alpha value is -1.68. The Balaban J connectivity index is 1.91. The number of furan rings is 1. The first-order valence-electron chi connectivity index (χ1n) is 5.24. The molecule has 0 saturated carbocycles. The maximum Gasteiger partial charge on any atom is 0.287 e. The average molecular weight is 247 g/mol. The van der Waals surface area contributed by atoms with Crippen LogP contribution in [0.5, 0.6) is 0 Å². The number of carbonyl (C=O) groups is 1. The van der Waals surface area contributed by atoms with Gasteiger partial charge in [0.1, 0.15) is 0 Å². The van der Waals surface area contributed by atoms with Crippen molar-refractivity contribution in [3.8, 4) is 0 Å². The number of thioether (sulfide) groups is 1. The van der Waals surface area contributed by atoms with Crippen LogP contribution in [0.1, 0.15) is 16.1 Å². The maximum absolute atomic E-state index is 11.6. The number of amides is 1. The molecule has 0 radical (unpaired) electrons. The zero-order chi connectivity index (χ0) is 12.1. The van der Waals surface area contributed by atoms with Crippen LogP contribution in [0.2, 0.25) is 0 Å². The highest BCUT2D eigenvalue weighted by molar-refractivity contribution is 7.98. The van der Waals surface area contributed by atoms with Gasteiger partial charge in [-0.3, -0.25) is 4.79 Å². The average Bonchev–Trinajstić information content (AvgIpc) is 2.90. The summed E-state index contributed by atoms with van der Waals surface area (Å²) in [6.07, 6.45) is 3.52. The van der Waals surface area contributed by atoms with Crippen molar-refractivity contribution in [2.45, 2.75) is 11.4 Å². The maximum atomic E-state index is 11.6. The number of carbonyl (C=O) groups excluding carboxylic acids is 1. The van der Waals surface area contributed by atoms with Crippen molar-refractivity contribution in [3.63, 3.8) is 0 Å². The molecule has 1 heterocycles. The molecule has 1 aromatic heterocycles. The van der Waals surface area contributed by atoms with Crippen LogP contribution in [0.25, 0.3) is 0 Å². The van der Waals surface area contributed by atoms with E-state index in [1.165, 1.54) is 11.2 Å². The highest BCUT2D eigenvalue weighted by Crippen LogP contribution is 2.14. The van der Waals surface area contributed by atoms with E-state index in [0.29, 0.717) is 12.3 Å². The van der Waals surface area contributed by atoms with E-state index in [1.807, 2.05) is 30.5 Å². The summed E-state index contributed by atoms with van der Waals surface area (Å²) in [5.41, 5.74) is 1.07. The van der Waals surface area contributed by atoms with E-state index in [9.17, 15) is 4.79 Å². The Kier molecular flexibility index (Phi) is 3.88. The van der Waals surface area contributed by atoms with E-state index in [-0.39, 0.29) is 5.91 Å². The normalized spacial score (nSPS) is 10.2. The van der Waals surface area contributed by atoms with Crippen molar-refractivity contribution < 1.29 is 9.21 Å². The molecule has 0 aliphatic rings. The molecule has 0 aliphatic carbocycles. The molecule has 4 heteroatoms. The molecule has 1 amide bonds. The molecule has 2 aromatic rings. The summed E-state index contributed by atoms with van der Waals surface area (Å²) in [6.45, 7) is 0.508. The molecule has 1 N–H and O–H groups in total. The summed E-state index contributed by atoms with van der Waals surface area (Å²) in [4.78, 5) is 12.8. The van der Waals surface area contributed by atoms with Gasteiger partial charge in [0.05, 0.1) is 6.26 Å². The molecule has 0 saturated heterocycles. The quantitative estimate of drug-likeness (QED) is 0.845. The van der Waals surface area contributed by atoms with Gasteiger partial charge >= 0.3 is 0 Å². The van der Waals surface area contributed by atoms with E-state index >= 15 is 0 Å². The molecule has 17 heavy (non-hydrogen) atoms. The second kappa shape index (κ2) is 5.59. The molecule has 0 atom stereocenters. The number of hydrogen-bond donors (Lipinski definition) is 1. The van der Waals surface area contributed by atoms with Gasteiger partial charge < -0.3 is 9.73 Å². The minimum absolute atomic E-state index is 0.191. The smallest absolute Gasteiger partial charge is 0.287 e. The lowest BCUT2D eigenvalue weighted by atomic mass is 10.2. The first-order valence-corrected chi connectivity index (χ1v) is 6.46. The van der Waals surface area contributed by atoms with Crippen LogP contribution >= 0.6 is 11.8 Å². The van der Waals surface area contributed by atoms with Gasteiger partial charge in [0.15, 0.2) is 5.76 Å². The molecule has 2 rings (SSSR count). The first kappa shape index (κ1) is 11.8. The number of rotatable bonds is 4. The Labute approximate surface area is 104 Å². The summed E-state index contributed by atoms with van der Waals surface area (Å²) < 4.78 is 5.00. The summed E-state index contributed by atoms with van der Waals surface area (Å²) >= 11 is 1.70. The molecular weight excluding hydrogens is 234 g/mol. The highest BCUT2D eigenvalue weighted by Gasteiger charge is 2.07. The second-order valence-corrected chi connectivity index (χ2v) is 4.39. The Morgan fingerprint density at radius 2 is 2.06 bits per heavy atom. The lowest BCUT2D eigenvalue weighted by molar-refractivity contribution is 0.0923. The molecule has 0 unspecified atom stereocenters. The summed E-state index contributed by atoms with van der Waals surface area (Å²) in [5.74, 6) is 0.148. The zero-order valence-corrected chi connectivity index (χ0v) is 10.3. The van der Waals surface area contributed by atoms with Crippen molar-refractivity contribution in [3.05, 3.63) is 54.0 Å². The van der Waals surface area contributed by atoms with E-state index < -0.39 is 0 Å². The van der Waals surface area contributed by atoms with Gasteiger partial charge in [0, 0.05) is 11.4 Å². The molecule has 0 aliphatic heterocycles. The van der Waals surface area contributed by atoms with Gasteiger partial charge in [-0.1, -0.05) is 12.1 Å². The number of nitrogens with one attached hydrogen (secondary N) is 1. The van der Waals surface area contributed by atoms with Gasteiger partial charge in [0.25, 0.3) is 5.91 Å². The SMILES string of the molecule is CSc1ccc(CNC(=O)c2ccco2)cc1. The predicted octanol–water partition coefficient (Wildman–Crippen LogP) is 2.93. The third kappa shape index (κ3) is 3.14. The van der Waals surface area contributed by atoms with Crippen LogP contribution in [0.3, 0.4) is 0 Å². The number of benzene rings is 1. The zero-order valence-electron chi connectivity index (χ0n) is 9.47. The monoisotopic (exact) mass is 247 g/mol. The van der Waals surface area contributed by atoms with Crippen molar-refractivity contribution in [2.24, 2.45) is 0 Å². The second-order valence-electron chi connectivity index (χ2n) is 3.51. The van der Waals surface area contributed by atoms with Gasteiger partial charge in [-0.05, 0) is 36.1 Å². The molecule has 1 aromatic carbocycles. The Morgan fingerprint density at radius 3 is 2.65 bits per heavy atom. The van der Waals surface area contributed by atoms with E-state index in [4.69, 9.17) is 4.42 Å². The van der Waals surface area contributed by atoms with Crippen LogP contribution in [0.15, 0.2) is 52.0 Å². The van der Waals surface area contributed by atoms with Gasteiger partial charge in [0.2, 0.25) is 0 Å². The largest absolute Gasteiger partial charge is 0.459 e. The predicted molar refractivity (Wildman–Crippen MR) is 68.1 cm³/mol. The van der Waals surface area contributed by atoms with E-state index in [2.05, 4.69) is 5.32 Å². The van der Waals surface area contributed by atoms with Crippen molar-refractivity contribution in [1.29, 1.82) is 0 Å². The fourth-order valence-electron chi connectivity index (χ4n) is 1.42. The van der Waals surface area contributed by atoms with E-state index in [1.54, 1.807) is 23.9 Å². The standard InChI is InChI=1S/C13H13NO2S/c1-17-11-6-4-10(5-7-11)9-14-13(15)12-3-2-8-16-12/h2-8H,9H2,1H3,(H,14,15). The van der Waals surface area contributed by atoms with E-state index in [0.717, 1.165) is 5.56 Å². The Bertz CT molecular complexity index is 477. The molecule has 0 fully saturated rings. The van der Waals surface area contributed by atoms with Gasteiger partial charge in [-0.25, -0.2) is 0 Å². The summed E-state index contributed by atoms with van der Waals surface area (Å²) in [7, 11) is 0. The third-order valence-electron chi connectivity index (χ3n) is 2.36. The first-order chi connectivity index (χ1) is 8.29. The molecule has 3 nitrogen and oxygen atoms in total. The number of hydrogen-bond acceptors (Lipinski definition) is 3. The minimum Gasteiger partial charge on any atom is -0.459 e. The lowest BCUT2D eigenvalue weighted by Gasteiger charge is -2.04. The summed E-state index contributed by atoms with van der Waals surface area (Å²) in [6, 6.07) is 11.4.